The monoisotopic (exact) mass is 691 g/mol. The molecule has 14 heteroatoms. The summed E-state index contributed by atoms with van der Waals surface area (Å²) in [7, 11) is 1.85. The van der Waals surface area contributed by atoms with Crippen LogP contribution < -0.4 is 14.5 Å². The molecule has 1 N–H and O–H groups in total. The fraction of sp³-hybridized carbons (Fsp3) is 0.432. The van der Waals surface area contributed by atoms with Gasteiger partial charge in [-0.2, -0.15) is 5.10 Å². The zero-order valence-corrected chi connectivity index (χ0v) is 28.3. The third kappa shape index (κ3) is 5.61. The fourth-order valence-corrected chi connectivity index (χ4v) is 7.54. The first-order valence-corrected chi connectivity index (χ1v) is 17.3. The molecule has 8 heterocycles. The molecule has 0 unspecified atom stereocenters. The molecule has 1 spiro atoms. The van der Waals surface area contributed by atoms with E-state index < -0.39 is 23.7 Å². The van der Waals surface area contributed by atoms with Crippen LogP contribution >= 0.6 is 0 Å². The third-order valence-corrected chi connectivity index (χ3v) is 10.4. The Morgan fingerprint density at radius 3 is 2.75 bits per heavy atom. The number of furan rings is 1. The zero-order valence-electron chi connectivity index (χ0n) is 28.3. The van der Waals surface area contributed by atoms with Gasteiger partial charge in [0.1, 0.15) is 46.1 Å². The largest absolute Gasteiger partial charge is 0.480 e. The summed E-state index contributed by atoms with van der Waals surface area (Å²) >= 11 is 0. The number of ether oxygens (including phenoxy) is 4. The van der Waals surface area contributed by atoms with E-state index in [1.807, 2.05) is 49.6 Å². The topological polar surface area (TPSA) is 150 Å². The number of aliphatic carboxylic acids is 1. The predicted octanol–water partition coefficient (Wildman–Crippen LogP) is 3.51. The number of fused-ring (bicyclic) bond motifs is 3. The van der Waals surface area contributed by atoms with Gasteiger partial charge in [-0.3, -0.25) is 4.68 Å². The van der Waals surface area contributed by atoms with Gasteiger partial charge < -0.3 is 38.3 Å². The highest BCUT2D eigenvalue weighted by molar-refractivity contribution is 6.06. The van der Waals surface area contributed by atoms with Crippen LogP contribution in [0.1, 0.15) is 42.8 Å². The summed E-state index contributed by atoms with van der Waals surface area (Å²) in [6, 6.07) is 10.6. The van der Waals surface area contributed by atoms with E-state index in [4.69, 9.17) is 38.3 Å². The molecule has 1 aromatic carbocycles. The molecule has 9 rings (SSSR count). The van der Waals surface area contributed by atoms with E-state index in [9.17, 15) is 9.90 Å². The van der Waals surface area contributed by atoms with Crippen molar-refractivity contribution >= 4 is 39.5 Å². The van der Waals surface area contributed by atoms with Crippen molar-refractivity contribution in [1.29, 1.82) is 0 Å². The number of benzene rings is 1. The summed E-state index contributed by atoms with van der Waals surface area (Å²) in [5, 5.41) is 15.8. The van der Waals surface area contributed by atoms with Gasteiger partial charge in [0.2, 0.25) is 5.88 Å². The molecule has 5 aromatic rings. The Bertz CT molecular complexity index is 2200. The van der Waals surface area contributed by atoms with Crippen molar-refractivity contribution in [3.63, 3.8) is 0 Å². The van der Waals surface area contributed by atoms with Crippen LogP contribution in [0.5, 0.6) is 5.88 Å². The lowest BCUT2D eigenvalue weighted by Crippen LogP contribution is -2.68. The molecule has 0 radical (unpaired) electrons. The van der Waals surface area contributed by atoms with Gasteiger partial charge >= 0.3 is 5.97 Å². The van der Waals surface area contributed by atoms with E-state index in [1.54, 1.807) is 15.8 Å². The number of hydrogen-bond donors (Lipinski definition) is 1. The Morgan fingerprint density at radius 2 is 1.98 bits per heavy atom. The van der Waals surface area contributed by atoms with E-state index in [0.29, 0.717) is 85.0 Å². The summed E-state index contributed by atoms with van der Waals surface area (Å²) < 4.78 is 32.2. The number of hydrogen-bond acceptors (Lipinski definition) is 12. The van der Waals surface area contributed by atoms with Crippen LogP contribution in [0.15, 0.2) is 53.2 Å². The second-order valence-corrected chi connectivity index (χ2v) is 13.7. The van der Waals surface area contributed by atoms with Gasteiger partial charge in [0, 0.05) is 55.9 Å². The Kier molecular flexibility index (Phi) is 7.79. The summed E-state index contributed by atoms with van der Waals surface area (Å²) in [6.07, 6.45) is 4.01. The van der Waals surface area contributed by atoms with E-state index >= 15 is 0 Å². The Hall–Kier alpha value is -5.23. The minimum absolute atomic E-state index is 0.00524. The predicted molar refractivity (Wildman–Crippen MR) is 185 cm³/mol. The summed E-state index contributed by atoms with van der Waals surface area (Å²) in [6.45, 7) is 5.67. The number of aromatic nitrogens is 5. The highest BCUT2D eigenvalue weighted by atomic mass is 16.6. The molecule has 4 fully saturated rings. The van der Waals surface area contributed by atoms with Crippen molar-refractivity contribution in [3.8, 4) is 17.7 Å². The standard InChI is InChI=1S/C37H37N7O7/c1-22-37(20-48-21-37)49-14-12-43(22)28-15-23(7-8-25-9-11-42(2)41-25)17-38-35(28)50-26-16-29(36(45)46)44(18-26)34-32-31(27-5-3-4-6-30(27)51-32)39-33(40-34)24-10-13-47-19-24/h3-6,9,11,15,17,22,24,26,29H,10,12-14,16,18-21H2,1-2H3,(H,45,46)/t22-,24-,26-,29-/m0/s1. The number of nitrogens with zero attached hydrogens (tertiary/aromatic N) is 7. The van der Waals surface area contributed by atoms with Crippen LogP contribution in [-0.2, 0) is 26.1 Å². The number of anilines is 2. The van der Waals surface area contributed by atoms with Crippen LogP contribution in [0.4, 0.5) is 11.5 Å². The van der Waals surface area contributed by atoms with Gasteiger partial charge in [-0.15, -0.1) is 0 Å². The van der Waals surface area contributed by atoms with Gasteiger partial charge in [0.05, 0.1) is 39.0 Å². The summed E-state index contributed by atoms with van der Waals surface area (Å²) in [5.74, 6) is 6.81. The summed E-state index contributed by atoms with van der Waals surface area (Å²) in [4.78, 5) is 31.6. The van der Waals surface area contributed by atoms with Gasteiger partial charge in [0.15, 0.2) is 11.4 Å². The quantitative estimate of drug-likeness (QED) is 0.259. The lowest BCUT2D eigenvalue weighted by atomic mass is 9.90. The van der Waals surface area contributed by atoms with Crippen molar-refractivity contribution in [1.82, 2.24) is 24.7 Å². The Labute approximate surface area is 293 Å². The molecular weight excluding hydrogens is 654 g/mol. The first kappa shape index (κ1) is 31.7. The van der Waals surface area contributed by atoms with Crippen molar-refractivity contribution < 1.29 is 33.3 Å². The van der Waals surface area contributed by atoms with Gasteiger partial charge in [0.25, 0.3) is 0 Å². The van der Waals surface area contributed by atoms with E-state index in [0.717, 1.165) is 17.5 Å². The number of carbonyl (C=O) groups is 1. The number of carboxylic acid groups (broad SMARTS) is 1. The number of rotatable bonds is 6. The average Bonchev–Trinajstić information content (AvgIpc) is 3.94. The second kappa shape index (κ2) is 12.5. The highest BCUT2D eigenvalue weighted by Gasteiger charge is 2.50. The van der Waals surface area contributed by atoms with Crippen LogP contribution in [-0.4, -0.2) is 106 Å². The molecule has 4 aromatic heterocycles. The molecule has 4 saturated heterocycles. The van der Waals surface area contributed by atoms with Crippen molar-refractivity contribution in [2.45, 2.75) is 49.5 Å². The average molecular weight is 692 g/mol. The van der Waals surface area contributed by atoms with E-state index in [-0.39, 0.29) is 24.9 Å². The number of aryl methyl sites for hydroxylation is 1. The molecule has 14 nitrogen and oxygen atoms in total. The molecule has 0 bridgehead atoms. The normalized spacial score (nSPS) is 24.2. The van der Waals surface area contributed by atoms with Crippen LogP contribution in [0.2, 0.25) is 0 Å². The zero-order chi connectivity index (χ0) is 34.7. The molecule has 0 saturated carbocycles. The van der Waals surface area contributed by atoms with Crippen molar-refractivity contribution in [3.05, 3.63) is 65.9 Å². The number of morpholine rings is 1. The Balaban J connectivity index is 1.08. The van der Waals surface area contributed by atoms with Gasteiger partial charge in [-0.05, 0) is 43.5 Å². The number of para-hydroxylation sites is 1. The maximum atomic E-state index is 12.9. The minimum atomic E-state index is -0.975. The third-order valence-electron chi connectivity index (χ3n) is 10.4. The van der Waals surface area contributed by atoms with Gasteiger partial charge in [-0.1, -0.05) is 18.1 Å². The minimum Gasteiger partial charge on any atom is -0.480 e. The van der Waals surface area contributed by atoms with Crippen LogP contribution in [0.25, 0.3) is 22.1 Å². The molecule has 51 heavy (non-hydrogen) atoms. The molecule has 0 amide bonds. The SMILES string of the molecule is C[C@@H]1N(c2cc(C#Cc3ccn(C)n3)cnc2O[C@H]2C[C@@H](C(=O)O)N(c3nc([C@H]4CCOC4)nc4c3oc3ccccc34)C2)CCOC12COC2. The maximum Gasteiger partial charge on any atom is 0.326 e. The first-order valence-electron chi connectivity index (χ1n) is 17.3. The summed E-state index contributed by atoms with van der Waals surface area (Å²) in [5.41, 5.74) is 3.48. The molecule has 262 valence electrons. The van der Waals surface area contributed by atoms with E-state index in [1.165, 1.54) is 0 Å². The number of pyridine rings is 1. The molecule has 4 aliphatic rings. The van der Waals surface area contributed by atoms with E-state index in [2.05, 4.69) is 28.8 Å². The van der Waals surface area contributed by atoms with Crippen LogP contribution in [0.3, 0.4) is 0 Å². The number of carboxylic acids is 1. The van der Waals surface area contributed by atoms with Gasteiger partial charge in [-0.25, -0.2) is 19.7 Å². The lowest BCUT2D eigenvalue weighted by molar-refractivity contribution is -0.228. The second-order valence-electron chi connectivity index (χ2n) is 13.7. The molecule has 4 atom stereocenters. The molecule has 4 aliphatic heterocycles. The molecular formula is C37H37N7O7. The fourth-order valence-electron chi connectivity index (χ4n) is 7.54. The van der Waals surface area contributed by atoms with Crippen molar-refractivity contribution in [2.24, 2.45) is 7.05 Å². The smallest absolute Gasteiger partial charge is 0.326 e. The lowest BCUT2D eigenvalue weighted by Gasteiger charge is -2.53. The highest BCUT2D eigenvalue weighted by Crippen LogP contribution is 2.41. The van der Waals surface area contributed by atoms with Crippen LogP contribution in [0, 0.1) is 11.8 Å². The Morgan fingerprint density at radius 1 is 1.10 bits per heavy atom. The first-order chi connectivity index (χ1) is 24.8. The molecule has 0 aliphatic carbocycles. The van der Waals surface area contributed by atoms with Crippen molar-refractivity contribution in [2.75, 3.05) is 55.9 Å². The maximum absolute atomic E-state index is 12.9.